The fourth-order valence-electron chi connectivity index (χ4n) is 2.94. The quantitative estimate of drug-likeness (QED) is 0.497. The van der Waals surface area contributed by atoms with Crippen molar-refractivity contribution < 1.29 is 27.0 Å². The molecule has 144 valence electrons. The summed E-state index contributed by atoms with van der Waals surface area (Å²) in [4.78, 5) is 0. The molecule has 2 N–H and O–H groups in total. The zero-order chi connectivity index (χ0) is 21.7. The largest absolute Gasteiger partial charge is 0.436 e. The van der Waals surface area contributed by atoms with E-state index in [1.54, 1.807) is 0 Å². The van der Waals surface area contributed by atoms with Crippen LogP contribution in [0.5, 0.6) is 11.5 Å². The van der Waals surface area contributed by atoms with Crippen LogP contribution < -0.4 is 20.1 Å². The van der Waals surface area contributed by atoms with Crippen LogP contribution >= 0.6 is 0 Å². The predicted octanol–water partition coefficient (Wildman–Crippen LogP) is 3.52. The molecule has 0 bridgehead atoms. The monoisotopic (exact) mass is 410 g/mol. The van der Waals surface area contributed by atoms with E-state index in [-0.39, 0.29) is 0 Å². The number of ether oxygens (including phenoxy) is 2. The van der Waals surface area contributed by atoms with Gasteiger partial charge in [-0.2, -0.15) is 25.4 Å². The second-order valence-electron chi connectivity index (χ2n) is 5.72. The summed E-state index contributed by atoms with van der Waals surface area (Å²) in [6.07, 6.45) is 0. The maximum absolute atomic E-state index is 14.6. The fraction of sp³-hybridized carbons (Fsp3) is 0. The third kappa shape index (κ3) is 2.22. The van der Waals surface area contributed by atoms with Crippen LogP contribution in [-0.2, 0) is 0 Å². The van der Waals surface area contributed by atoms with E-state index in [4.69, 9.17) is 30.5 Å². The van der Waals surface area contributed by atoms with Crippen LogP contribution in [0.15, 0.2) is 22.9 Å². The third-order valence-electron chi connectivity index (χ3n) is 4.21. The lowest BCUT2D eigenvalue weighted by Gasteiger charge is -2.11. The minimum atomic E-state index is -1.82. The lowest BCUT2D eigenvalue weighted by molar-refractivity contribution is 0.404. The first-order valence-electron chi connectivity index (χ1n) is 7.72. The first-order valence-corrected chi connectivity index (χ1v) is 7.72. The van der Waals surface area contributed by atoms with E-state index >= 15 is 0 Å². The summed E-state index contributed by atoms with van der Waals surface area (Å²) < 4.78 is 68.5. The Morgan fingerprint density at radius 3 is 1.60 bits per heavy atom. The van der Waals surface area contributed by atoms with Gasteiger partial charge < -0.3 is 20.1 Å². The smallest absolute Gasteiger partial charge is 0.227 e. The van der Waals surface area contributed by atoms with Crippen molar-refractivity contribution in [2.24, 2.45) is 0 Å². The highest BCUT2D eigenvalue weighted by Gasteiger charge is 2.38. The molecule has 0 unspecified atom stereocenters. The van der Waals surface area contributed by atoms with Gasteiger partial charge in [-0.05, 0) is 0 Å². The van der Waals surface area contributed by atoms with E-state index in [9.17, 15) is 17.6 Å². The van der Waals surface area contributed by atoms with Crippen molar-refractivity contribution in [3.8, 4) is 35.8 Å². The van der Waals surface area contributed by atoms with Gasteiger partial charge in [-0.3, -0.25) is 0 Å². The standard InChI is InChI=1S/C18H2F4N6O2/c19-9-7-8(15-14(11(9)21)28-18(29-15)6(3-25)4-26)13-16(12(22)10(7)20)30-17(27-13)5(1-23)2-24/h27-28H. The number of hydrogen-bond donors (Lipinski definition) is 2. The van der Waals surface area contributed by atoms with Crippen LogP contribution in [0.2, 0.25) is 0 Å². The van der Waals surface area contributed by atoms with Crippen LogP contribution in [0.4, 0.5) is 28.9 Å². The predicted molar refractivity (Wildman–Crippen MR) is 88.8 cm³/mol. The Labute approximate surface area is 163 Å². The van der Waals surface area contributed by atoms with E-state index < -0.39 is 79.8 Å². The SMILES string of the molecule is N#CC(C#N)=C1Nc2c(c(F)c(F)c3c(F)c(F)c4c(c23)OC(=C(C#N)C#N)N4)O1. The van der Waals surface area contributed by atoms with Gasteiger partial charge in [-0.1, -0.05) is 0 Å². The average molecular weight is 410 g/mol. The van der Waals surface area contributed by atoms with Crippen LogP contribution in [0.1, 0.15) is 0 Å². The summed E-state index contributed by atoms with van der Waals surface area (Å²) in [6, 6.07) is 5.92. The lowest BCUT2D eigenvalue weighted by atomic mass is 10.0. The summed E-state index contributed by atoms with van der Waals surface area (Å²) in [5.74, 6) is -9.45. The van der Waals surface area contributed by atoms with Crippen molar-refractivity contribution in [2.45, 2.75) is 0 Å². The number of allylic oxidation sites excluding steroid dienone is 2. The molecule has 2 aromatic carbocycles. The van der Waals surface area contributed by atoms with Gasteiger partial charge in [0.2, 0.25) is 17.6 Å². The van der Waals surface area contributed by atoms with Gasteiger partial charge in [0.05, 0.1) is 16.5 Å². The molecule has 0 spiro atoms. The summed E-state index contributed by atoms with van der Waals surface area (Å²) in [7, 11) is 0. The van der Waals surface area contributed by atoms with Gasteiger partial charge in [-0.25, -0.2) is 13.2 Å². The molecule has 2 heterocycles. The van der Waals surface area contributed by atoms with Crippen LogP contribution in [-0.4, -0.2) is 0 Å². The zero-order valence-corrected chi connectivity index (χ0v) is 14.1. The molecule has 2 aliphatic rings. The Morgan fingerprint density at radius 2 is 1.07 bits per heavy atom. The number of fused-ring (bicyclic) bond motifs is 5. The molecular weight excluding hydrogens is 408 g/mol. The van der Waals surface area contributed by atoms with Crippen molar-refractivity contribution in [1.29, 1.82) is 21.0 Å². The van der Waals surface area contributed by atoms with E-state index in [2.05, 4.69) is 10.6 Å². The molecule has 0 atom stereocenters. The van der Waals surface area contributed by atoms with Crippen molar-refractivity contribution >= 4 is 22.1 Å². The van der Waals surface area contributed by atoms with E-state index in [1.807, 2.05) is 0 Å². The van der Waals surface area contributed by atoms with E-state index in [1.165, 1.54) is 24.3 Å². The topological polar surface area (TPSA) is 138 Å². The molecule has 0 fully saturated rings. The molecule has 0 aliphatic carbocycles. The Bertz CT molecular complexity index is 1300. The Kier molecular flexibility index (Phi) is 3.87. The number of halogens is 4. The number of rotatable bonds is 0. The van der Waals surface area contributed by atoms with E-state index in [0.29, 0.717) is 0 Å². The normalized spacial score (nSPS) is 12.8. The van der Waals surface area contributed by atoms with Gasteiger partial charge in [0.1, 0.15) is 30.0 Å². The molecule has 0 saturated carbocycles. The van der Waals surface area contributed by atoms with Crippen LogP contribution in [0, 0.1) is 68.6 Å². The maximum Gasteiger partial charge on any atom is 0.227 e. The van der Waals surface area contributed by atoms with Crippen LogP contribution in [0.25, 0.3) is 10.8 Å². The molecule has 12 heteroatoms. The molecule has 0 amide bonds. The number of nitrogens with one attached hydrogen (secondary N) is 2. The first-order chi connectivity index (χ1) is 14.4. The number of nitrogens with zero attached hydrogens (tertiary/aromatic N) is 4. The fourth-order valence-corrected chi connectivity index (χ4v) is 2.94. The summed E-state index contributed by atoms with van der Waals surface area (Å²) in [5.41, 5.74) is -2.38. The molecule has 4 rings (SSSR count). The Balaban J connectivity index is 2.12. The van der Waals surface area contributed by atoms with Crippen molar-refractivity contribution in [1.82, 2.24) is 0 Å². The highest BCUT2D eigenvalue weighted by molar-refractivity contribution is 6.07. The highest BCUT2D eigenvalue weighted by atomic mass is 19.2. The van der Waals surface area contributed by atoms with Gasteiger partial charge >= 0.3 is 0 Å². The number of benzene rings is 2. The molecule has 0 radical (unpaired) electrons. The molecule has 2 aliphatic heterocycles. The van der Waals surface area contributed by atoms with Crippen molar-refractivity contribution in [3.63, 3.8) is 0 Å². The van der Waals surface area contributed by atoms with E-state index in [0.717, 1.165) is 0 Å². The summed E-state index contributed by atoms with van der Waals surface area (Å²) >= 11 is 0. The number of anilines is 2. The van der Waals surface area contributed by atoms with Gasteiger partial charge in [0, 0.05) is 0 Å². The van der Waals surface area contributed by atoms with Crippen LogP contribution in [0.3, 0.4) is 0 Å². The number of nitriles is 4. The molecule has 8 nitrogen and oxygen atoms in total. The zero-order valence-electron chi connectivity index (χ0n) is 14.1. The lowest BCUT2D eigenvalue weighted by Crippen LogP contribution is -2.01. The second-order valence-corrected chi connectivity index (χ2v) is 5.72. The highest BCUT2D eigenvalue weighted by Crippen LogP contribution is 2.53. The van der Waals surface area contributed by atoms with Gasteiger partial charge in [-0.15, -0.1) is 0 Å². The molecule has 0 saturated heterocycles. The van der Waals surface area contributed by atoms with Crippen molar-refractivity contribution in [3.05, 3.63) is 46.2 Å². The Hall–Kier alpha value is -4.94. The minimum absolute atomic E-state index is 0.449. The molecular formula is C18H2F4N6O2. The summed E-state index contributed by atoms with van der Waals surface area (Å²) in [5, 5.41) is 38.7. The second kappa shape index (κ2) is 6.30. The Morgan fingerprint density at radius 1 is 0.600 bits per heavy atom. The molecule has 2 aromatic rings. The first kappa shape index (κ1) is 18.4. The number of hydrogen-bond acceptors (Lipinski definition) is 8. The minimum Gasteiger partial charge on any atom is -0.436 e. The maximum atomic E-state index is 14.6. The van der Waals surface area contributed by atoms with Crippen molar-refractivity contribution in [2.75, 3.05) is 10.6 Å². The third-order valence-corrected chi connectivity index (χ3v) is 4.21. The van der Waals surface area contributed by atoms with Gasteiger partial charge in [0.25, 0.3) is 0 Å². The summed E-state index contributed by atoms with van der Waals surface area (Å²) in [6.45, 7) is 0. The average Bonchev–Trinajstić information content (AvgIpc) is 3.36. The van der Waals surface area contributed by atoms with Gasteiger partial charge in [0.15, 0.2) is 40.1 Å². The molecule has 0 aromatic heterocycles. The molecule has 30 heavy (non-hydrogen) atoms.